The lowest BCUT2D eigenvalue weighted by Crippen LogP contribution is -2.33. The van der Waals surface area contributed by atoms with Crippen molar-refractivity contribution in [3.8, 4) is 5.75 Å². The predicted molar refractivity (Wildman–Crippen MR) is 147 cm³/mol. The molecule has 37 heavy (non-hydrogen) atoms. The van der Waals surface area contributed by atoms with E-state index < -0.39 is 0 Å². The van der Waals surface area contributed by atoms with Crippen molar-refractivity contribution in [2.75, 3.05) is 29.1 Å². The number of fused-ring (bicyclic) bond motifs is 2. The second kappa shape index (κ2) is 9.81. The first-order valence-electron chi connectivity index (χ1n) is 12.4. The summed E-state index contributed by atoms with van der Waals surface area (Å²) in [6.45, 7) is 5.54. The van der Waals surface area contributed by atoms with E-state index in [9.17, 15) is 0 Å². The molecule has 8 heteroatoms. The second-order valence-corrected chi connectivity index (χ2v) is 9.43. The van der Waals surface area contributed by atoms with Gasteiger partial charge in [0.15, 0.2) is 11.6 Å². The number of rotatable bonds is 7. The number of nitrogens with one attached hydrogen (secondary N) is 1. The third-order valence-electron chi connectivity index (χ3n) is 6.63. The molecule has 0 atom stereocenters. The lowest BCUT2D eigenvalue weighted by Gasteiger charge is -2.30. The Hall–Kier alpha value is -4.59. The van der Waals surface area contributed by atoms with E-state index in [-0.39, 0.29) is 0 Å². The number of aryl methyl sites for hydroxylation is 1. The Morgan fingerprint density at radius 3 is 2.59 bits per heavy atom. The van der Waals surface area contributed by atoms with E-state index in [0.29, 0.717) is 24.7 Å². The summed E-state index contributed by atoms with van der Waals surface area (Å²) in [6.07, 6.45) is 5.53. The summed E-state index contributed by atoms with van der Waals surface area (Å²) < 4.78 is 7.99. The summed E-state index contributed by atoms with van der Waals surface area (Å²) in [5.74, 6) is 2.21. The summed E-state index contributed by atoms with van der Waals surface area (Å²) in [5, 5.41) is 10.0. The molecule has 186 valence electrons. The largest absolute Gasteiger partial charge is 0.485 e. The van der Waals surface area contributed by atoms with E-state index >= 15 is 0 Å². The lowest BCUT2D eigenvalue weighted by atomic mass is 10.1. The number of nitrogens with zero attached hydrogens (tertiary/aromatic N) is 5. The Bertz CT molecular complexity index is 1540. The van der Waals surface area contributed by atoms with Crippen molar-refractivity contribution in [2.24, 2.45) is 0 Å². The summed E-state index contributed by atoms with van der Waals surface area (Å²) in [4.78, 5) is 11.3. The maximum Gasteiger partial charge on any atom is 0.204 e. The Morgan fingerprint density at radius 2 is 1.78 bits per heavy atom. The maximum atomic E-state index is 6.10. The van der Waals surface area contributed by atoms with Gasteiger partial charge >= 0.3 is 0 Å². The van der Waals surface area contributed by atoms with Crippen molar-refractivity contribution < 1.29 is 4.74 Å². The molecule has 0 unspecified atom stereocenters. The molecule has 2 aromatic heterocycles. The first-order chi connectivity index (χ1) is 18.1. The van der Waals surface area contributed by atoms with Crippen LogP contribution in [0.3, 0.4) is 0 Å². The molecular formula is C29H29N7O. The number of aromatic nitrogens is 4. The minimum Gasteiger partial charge on any atom is -0.485 e. The standard InChI is InChI=1S/C29H29N7O/c1-20-14-34-36(16-20)18-22-7-5-21(6-8-22)17-35-11-12-37-27-28(32-19-33-29(27)35)31-15-23-9-10-25-24(13-23)3-2-4-26(25)30/h2-10,13-14,16,19H,11-12,15,17-18,30H2,1H3,(H,31,32,33). The topological polar surface area (TPSA) is 94.1 Å². The molecule has 0 bridgehead atoms. The molecule has 3 heterocycles. The number of hydrogen-bond acceptors (Lipinski definition) is 7. The van der Waals surface area contributed by atoms with Crippen molar-refractivity contribution >= 4 is 28.1 Å². The van der Waals surface area contributed by atoms with Gasteiger partial charge in [0.25, 0.3) is 0 Å². The number of nitrogen functional groups attached to an aromatic ring is 1. The molecule has 0 saturated carbocycles. The third kappa shape index (κ3) is 4.91. The highest BCUT2D eigenvalue weighted by atomic mass is 16.5. The summed E-state index contributed by atoms with van der Waals surface area (Å²) in [5.41, 5.74) is 11.6. The number of ether oxygens (including phenoxy) is 1. The molecule has 0 radical (unpaired) electrons. The molecule has 0 amide bonds. The SMILES string of the molecule is Cc1cnn(Cc2ccc(CN3CCOc4c(NCc5ccc6c(N)cccc6c5)ncnc43)cc2)c1. The van der Waals surface area contributed by atoms with Gasteiger partial charge < -0.3 is 20.7 Å². The highest BCUT2D eigenvalue weighted by molar-refractivity contribution is 5.93. The summed E-state index contributed by atoms with van der Waals surface area (Å²) >= 11 is 0. The van der Waals surface area contributed by atoms with E-state index in [1.165, 1.54) is 16.7 Å². The highest BCUT2D eigenvalue weighted by Gasteiger charge is 2.23. The minimum absolute atomic E-state index is 0.584. The van der Waals surface area contributed by atoms with E-state index in [4.69, 9.17) is 10.5 Å². The van der Waals surface area contributed by atoms with Gasteiger partial charge in [-0.25, -0.2) is 9.97 Å². The van der Waals surface area contributed by atoms with Crippen LogP contribution >= 0.6 is 0 Å². The quantitative estimate of drug-likeness (QED) is 0.317. The number of benzene rings is 3. The first-order valence-corrected chi connectivity index (χ1v) is 12.4. The van der Waals surface area contributed by atoms with Crippen LogP contribution in [0.25, 0.3) is 10.8 Å². The highest BCUT2D eigenvalue weighted by Crippen LogP contribution is 2.36. The van der Waals surface area contributed by atoms with Gasteiger partial charge in [-0.2, -0.15) is 5.10 Å². The van der Waals surface area contributed by atoms with E-state index in [1.807, 2.05) is 23.0 Å². The lowest BCUT2D eigenvalue weighted by molar-refractivity contribution is 0.304. The molecule has 3 N–H and O–H groups in total. The third-order valence-corrected chi connectivity index (χ3v) is 6.63. The Balaban J connectivity index is 1.15. The molecule has 8 nitrogen and oxygen atoms in total. The van der Waals surface area contributed by atoms with Gasteiger partial charge in [-0.15, -0.1) is 0 Å². The van der Waals surface area contributed by atoms with Gasteiger partial charge in [-0.1, -0.05) is 48.5 Å². The number of hydrogen-bond donors (Lipinski definition) is 2. The van der Waals surface area contributed by atoms with Crippen LogP contribution in [0.5, 0.6) is 5.75 Å². The number of nitrogens with two attached hydrogens (primary N) is 1. The first kappa shape index (κ1) is 22.8. The number of anilines is 3. The van der Waals surface area contributed by atoms with Crippen molar-refractivity contribution in [3.63, 3.8) is 0 Å². The van der Waals surface area contributed by atoms with Crippen molar-refractivity contribution in [2.45, 2.75) is 26.6 Å². The zero-order valence-electron chi connectivity index (χ0n) is 20.8. The van der Waals surface area contributed by atoms with E-state index in [1.54, 1.807) is 6.33 Å². The smallest absolute Gasteiger partial charge is 0.204 e. The van der Waals surface area contributed by atoms with Crippen LogP contribution in [0.15, 0.2) is 79.4 Å². The Morgan fingerprint density at radius 1 is 0.973 bits per heavy atom. The van der Waals surface area contributed by atoms with Crippen LogP contribution in [-0.4, -0.2) is 32.9 Å². The fraction of sp³-hybridized carbons (Fsp3) is 0.207. The van der Waals surface area contributed by atoms with Gasteiger partial charge in [0, 0.05) is 30.4 Å². The van der Waals surface area contributed by atoms with E-state index in [0.717, 1.165) is 47.5 Å². The van der Waals surface area contributed by atoms with Crippen LogP contribution < -0.4 is 20.7 Å². The molecule has 1 aliphatic heterocycles. The van der Waals surface area contributed by atoms with Gasteiger partial charge in [0.05, 0.1) is 19.3 Å². The summed E-state index contributed by atoms with van der Waals surface area (Å²) in [7, 11) is 0. The van der Waals surface area contributed by atoms with Gasteiger partial charge in [0.2, 0.25) is 5.75 Å². The van der Waals surface area contributed by atoms with Crippen molar-refractivity contribution in [1.29, 1.82) is 0 Å². The van der Waals surface area contributed by atoms with Crippen molar-refractivity contribution in [1.82, 2.24) is 19.7 Å². The normalized spacial score (nSPS) is 12.8. The predicted octanol–water partition coefficient (Wildman–Crippen LogP) is 4.78. The maximum absolute atomic E-state index is 6.10. The molecule has 3 aromatic carbocycles. The van der Waals surface area contributed by atoms with Crippen LogP contribution in [0, 0.1) is 6.92 Å². The second-order valence-electron chi connectivity index (χ2n) is 9.43. The fourth-order valence-corrected chi connectivity index (χ4v) is 4.73. The molecule has 6 rings (SSSR count). The zero-order chi connectivity index (χ0) is 25.2. The van der Waals surface area contributed by atoms with Gasteiger partial charge in [-0.05, 0) is 46.7 Å². The molecule has 0 saturated heterocycles. The summed E-state index contributed by atoms with van der Waals surface area (Å²) in [6, 6.07) is 21.0. The van der Waals surface area contributed by atoms with E-state index in [2.05, 4.69) is 86.9 Å². The van der Waals surface area contributed by atoms with Crippen LogP contribution in [0.4, 0.5) is 17.3 Å². The average molecular weight is 492 g/mol. The van der Waals surface area contributed by atoms with Gasteiger partial charge in [-0.3, -0.25) is 4.68 Å². The van der Waals surface area contributed by atoms with Crippen LogP contribution in [0.2, 0.25) is 0 Å². The fourth-order valence-electron chi connectivity index (χ4n) is 4.73. The van der Waals surface area contributed by atoms with Crippen molar-refractivity contribution in [3.05, 3.63) is 102 Å². The zero-order valence-corrected chi connectivity index (χ0v) is 20.8. The molecule has 0 fully saturated rings. The molecule has 5 aromatic rings. The molecular weight excluding hydrogens is 462 g/mol. The minimum atomic E-state index is 0.584. The molecule has 0 spiro atoms. The van der Waals surface area contributed by atoms with Gasteiger partial charge in [0.1, 0.15) is 12.9 Å². The Kier molecular flexibility index (Phi) is 6.06. The molecule has 1 aliphatic rings. The average Bonchev–Trinajstić information content (AvgIpc) is 3.33. The van der Waals surface area contributed by atoms with Crippen LogP contribution in [0.1, 0.15) is 22.3 Å². The Labute approximate surface area is 215 Å². The monoisotopic (exact) mass is 491 g/mol. The van der Waals surface area contributed by atoms with Crippen LogP contribution in [-0.2, 0) is 19.6 Å². The molecule has 0 aliphatic carbocycles.